The SMILES string of the molecule is COC(=O)c1ccc(Sc2cncc(Br)c2)cc1. The summed E-state index contributed by atoms with van der Waals surface area (Å²) in [5, 5.41) is 0. The second-order valence-electron chi connectivity index (χ2n) is 3.46. The van der Waals surface area contributed by atoms with Crippen molar-refractivity contribution in [2.24, 2.45) is 0 Å². The third kappa shape index (κ3) is 3.34. The summed E-state index contributed by atoms with van der Waals surface area (Å²) in [6.07, 6.45) is 3.54. The third-order valence-electron chi connectivity index (χ3n) is 2.19. The topological polar surface area (TPSA) is 39.2 Å². The van der Waals surface area contributed by atoms with Crippen LogP contribution in [0.1, 0.15) is 10.4 Å². The van der Waals surface area contributed by atoms with Gasteiger partial charge in [0.2, 0.25) is 0 Å². The van der Waals surface area contributed by atoms with E-state index in [2.05, 4.69) is 25.7 Å². The number of carbonyl (C=O) groups excluding carboxylic acids is 1. The highest BCUT2D eigenvalue weighted by molar-refractivity contribution is 9.10. The molecule has 0 atom stereocenters. The number of aromatic nitrogens is 1. The first kappa shape index (κ1) is 13.1. The quantitative estimate of drug-likeness (QED) is 0.806. The number of hydrogen-bond acceptors (Lipinski definition) is 4. The van der Waals surface area contributed by atoms with Gasteiger partial charge in [-0.15, -0.1) is 0 Å². The molecule has 0 aliphatic heterocycles. The molecule has 0 bridgehead atoms. The number of methoxy groups -OCH3 is 1. The molecule has 0 saturated carbocycles. The zero-order chi connectivity index (χ0) is 13.0. The van der Waals surface area contributed by atoms with Crippen LogP contribution in [-0.2, 0) is 4.74 Å². The van der Waals surface area contributed by atoms with E-state index in [1.807, 2.05) is 18.2 Å². The van der Waals surface area contributed by atoms with Crippen LogP contribution in [0.3, 0.4) is 0 Å². The van der Waals surface area contributed by atoms with E-state index in [-0.39, 0.29) is 5.97 Å². The fourth-order valence-electron chi connectivity index (χ4n) is 1.36. The number of esters is 1. The molecule has 0 aliphatic rings. The van der Waals surface area contributed by atoms with Crippen LogP contribution in [0, 0.1) is 0 Å². The van der Waals surface area contributed by atoms with Gasteiger partial charge in [-0.2, -0.15) is 0 Å². The molecule has 92 valence electrons. The molecule has 0 radical (unpaired) electrons. The summed E-state index contributed by atoms with van der Waals surface area (Å²) in [7, 11) is 1.37. The zero-order valence-electron chi connectivity index (χ0n) is 9.59. The van der Waals surface area contributed by atoms with Crippen molar-refractivity contribution in [2.45, 2.75) is 9.79 Å². The average Bonchev–Trinajstić information content (AvgIpc) is 2.39. The predicted octanol–water partition coefficient (Wildman–Crippen LogP) is 3.78. The molecule has 18 heavy (non-hydrogen) atoms. The molecule has 1 aromatic heterocycles. The number of pyridine rings is 1. The van der Waals surface area contributed by atoms with E-state index in [4.69, 9.17) is 0 Å². The molecule has 5 heteroatoms. The minimum Gasteiger partial charge on any atom is -0.465 e. The van der Waals surface area contributed by atoms with E-state index in [1.54, 1.807) is 36.3 Å². The fourth-order valence-corrected chi connectivity index (χ4v) is 2.72. The number of hydrogen-bond donors (Lipinski definition) is 0. The number of rotatable bonds is 3. The van der Waals surface area contributed by atoms with Crippen molar-refractivity contribution in [3.05, 3.63) is 52.8 Å². The van der Waals surface area contributed by atoms with Gasteiger partial charge < -0.3 is 4.74 Å². The first-order valence-corrected chi connectivity index (χ1v) is 6.77. The number of nitrogens with zero attached hydrogens (tertiary/aromatic N) is 1. The Kier molecular flexibility index (Phi) is 4.38. The van der Waals surface area contributed by atoms with E-state index in [1.165, 1.54) is 7.11 Å². The molecule has 2 rings (SSSR count). The maximum absolute atomic E-state index is 11.3. The first-order valence-electron chi connectivity index (χ1n) is 5.16. The highest BCUT2D eigenvalue weighted by atomic mass is 79.9. The second-order valence-corrected chi connectivity index (χ2v) is 5.52. The number of carbonyl (C=O) groups is 1. The summed E-state index contributed by atoms with van der Waals surface area (Å²) >= 11 is 4.96. The van der Waals surface area contributed by atoms with Crippen molar-refractivity contribution in [1.29, 1.82) is 0 Å². The fraction of sp³-hybridized carbons (Fsp3) is 0.0769. The Hall–Kier alpha value is -1.33. The molecule has 2 aromatic rings. The lowest BCUT2D eigenvalue weighted by molar-refractivity contribution is 0.0600. The molecule has 0 aliphatic carbocycles. The minimum absolute atomic E-state index is 0.323. The Morgan fingerprint density at radius 1 is 1.22 bits per heavy atom. The summed E-state index contributed by atoms with van der Waals surface area (Å²) in [4.78, 5) is 17.5. The van der Waals surface area contributed by atoms with E-state index >= 15 is 0 Å². The minimum atomic E-state index is -0.323. The monoisotopic (exact) mass is 323 g/mol. The molecule has 3 nitrogen and oxygen atoms in total. The van der Waals surface area contributed by atoms with Crippen LogP contribution in [0.15, 0.2) is 57.0 Å². The molecule has 1 heterocycles. The van der Waals surface area contributed by atoms with Gasteiger partial charge in [0.25, 0.3) is 0 Å². The van der Waals surface area contributed by atoms with Gasteiger partial charge in [-0.3, -0.25) is 4.98 Å². The Balaban J connectivity index is 2.13. The van der Waals surface area contributed by atoms with E-state index in [0.29, 0.717) is 5.56 Å². The van der Waals surface area contributed by atoms with Crippen LogP contribution in [0.2, 0.25) is 0 Å². The highest BCUT2D eigenvalue weighted by Crippen LogP contribution is 2.28. The molecular weight excluding hydrogens is 314 g/mol. The van der Waals surface area contributed by atoms with E-state index in [9.17, 15) is 4.79 Å². The van der Waals surface area contributed by atoms with Gasteiger partial charge in [-0.25, -0.2) is 4.79 Å². The first-order chi connectivity index (χ1) is 8.69. The average molecular weight is 324 g/mol. The van der Waals surface area contributed by atoms with Crippen LogP contribution in [0.5, 0.6) is 0 Å². The molecule has 0 N–H and O–H groups in total. The normalized spacial score (nSPS) is 10.1. The molecular formula is C13H10BrNO2S. The predicted molar refractivity (Wildman–Crippen MR) is 73.8 cm³/mol. The van der Waals surface area contributed by atoms with Gasteiger partial charge >= 0.3 is 5.97 Å². The van der Waals surface area contributed by atoms with E-state index in [0.717, 1.165) is 14.3 Å². The van der Waals surface area contributed by atoms with Gasteiger partial charge in [-0.05, 0) is 46.3 Å². The molecule has 1 aromatic carbocycles. The van der Waals surface area contributed by atoms with Gasteiger partial charge in [0, 0.05) is 26.7 Å². The molecule has 0 unspecified atom stereocenters. The summed E-state index contributed by atoms with van der Waals surface area (Å²) < 4.78 is 5.59. The Morgan fingerprint density at radius 2 is 1.94 bits per heavy atom. The maximum Gasteiger partial charge on any atom is 0.337 e. The van der Waals surface area contributed by atoms with Gasteiger partial charge in [0.15, 0.2) is 0 Å². The van der Waals surface area contributed by atoms with Crippen molar-refractivity contribution < 1.29 is 9.53 Å². The number of ether oxygens (including phenoxy) is 1. The van der Waals surface area contributed by atoms with E-state index < -0.39 is 0 Å². The highest BCUT2D eigenvalue weighted by Gasteiger charge is 2.05. The van der Waals surface area contributed by atoms with Crippen LogP contribution >= 0.6 is 27.7 Å². The lowest BCUT2D eigenvalue weighted by Gasteiger charge is -2.03. The largest absolute Gasteiger partial charge is 0.465 e. The smallest absolute Gasteiger partial charge is 0.337 e. The van der Waals surface area contributed by atoms with Gasteiger partial charge in [0.05, 0.1) is 12.7 Å². The van der Waals surface area contributed by atoms with Crippen molar-refractivity contribution in [3.63, 3.8) is 0 Å². The molecule has 0 saturated heterocycles. The summed E-state index contributed by atoms with van der Waals surface area (Å²) in [6, 6.07) is 9.26. The summed E-state index contributed by atoms with van der Waals surface area (Å²) in [6.45, 7) is 0. The lowest BCUT2D eigenvalue weighted by Crippen LogP contribution is -2.00. The molecule has 0 amide bonds. The Morgan fingerprint density at radius 3 is 2.56 bits per heavy atom. The van der Waals surface area contributed by atoms with Crippen LogP contribution in [-0.4, -0.2) is 18.1 Å². The summed E-state index contributed by atoms with van der Waals surface area (Å²) in [5.74, 6) is -0.323. The lowest BCUT2D eigenvalue weighted by atomic mass is 10.2. The standard InChI is InChI=1S/C13H10BrNO2S/c1-17-13(16)9-2-4-11(5-3-9)18-12-6-10(14)7-15-8-12/h2-8H,1H3. The van der Waals surface area contributed by atoms with Crippen molar-refractivity contribution >= 4 is 33.7 Å². The summed E-state index contributed by atoms with van der Waals surface area (Å²) in [5.41, 5.74) is 0.550. The van der Waals surface area contributed by atoms with Crippen LogP contribution in [0.4, 0.5) is 0 Å². The van der Waals surface area contributed by atoms with Gasteiger partial charge in [0.1, 0.15) is 0 Å². The molecule has 0 fully saturated rings. The van der Waals surface area contributed by atoms with Crippen molar-refractivity contribution in [1.82, 2.24) is 4.98 Å². The van der Waals surface area contributed by atoms with Crippen molar-refractivity contribution in [2.75, 3.05) is 7.11 Å². The van der Waals surface area contributed by atoms with Crippen LogP contribution < -0.4 is 0 Å². The zero-order valence-corrected chi connectivity index (χ0v) is 12.0. The van der Waals surface area contributed by atoms with Crippen LogP contribution in [0.25, 0.3) is 0 Å². The number of halogens is 1. The Labute approximate surface area is 118 Å². The van der Waals surface area contributed by atoms with Crippen molar-refractivity contribution in [3.8, 4) is 0 Å². The molecule has 0 spiro atoms. The second kappa shape index (κ2) is 6.02. The van der Waals surface area contributed by atoms with Gasteiger partial charge in [-0.1, -0.05) is 11.8 Å². The Bertz CT molecular complexity index is 557. The number of benzene rings is 1. The third-order valence-corrected chi connectivity index (χ3v) is 3.59. The maximum atomic E-state index is 11.3.